The number of aryl methyl sites for hydroxylation is 3. The highest BCUT2D eigenvalue weighted by atomic mass is 19.1. The molecule has 228 valence electrons. The van der Waals surface area contributed by atoms with E-state index in [-0.39, 0.29) is 50.1 Å². The van der Waals surface area contributed by atoms with E-state index in [0.29, 0.717) is 47.9 Å². The number of carbonyl (C=O) groups is 3. The average molecular weight is 595 g/mol. The van der Waals surface area contributed by atoms with E-state index in [9.17, 15) is 18.8 Å². The van der Waals surface area contributed by atoms with E-state index in [1.54, 1.807) is 36.9 Å². The van der Waals surface area contributed by atoms with Crippen molar-refractivity contribution in [2.24, 2.45) is 0 Å². The van der Waals surface area contributed by atoms with Gasteiger partial charge in [0.15, 0.2) is 18.1 Å². The Hall–Kier alpha value is -4.61. The van der Waals surface area contributed by atoms with E-state index >= 15 is 0 Å². The molecule has 0 radical (unpaired) electrons. The van der Waals surface area contributed by atoms with Crippen LogP contribution in [0.1, 0.15) is 41.0 Å². The first-order chi connectivity index (χ1) is 20.7. The van der Waals surface area contributed by atoms with Gasteiger partial charge >= 0.3 is 0 Å². The van der Waals surface area contributed by atoms with Crippen LogP contribution in [-0.4, -0.2) is 66.7 Å². The second-order valence-corrected chi connectivity index (χ2v) is 10.8. The van der Waals surface area contributed by atoms with E-state index < -0.39 is 23.9 Å². The number of fused-ring (bicyclic) bond motifs is 5. The molecule has 1 fully saturated rings. The molecule has 43 heavy (non-hydrogen) atoms. The molecule has 12 heteroatoms. The summed E-state index contributed by atoms with van der Waals surface area (Å²) in [6, 6.07) is 8.95. The Morgan fingerprint density at radius 3 is 2.72 bits per heavy atom. The molecule has 1 saturated heterocycles. The van der Waals surface area contributed by atoms with Crippen molar-refractivity contribution >= 4 is 17.7 Å². The van der Waals surface area contributed by atoms with Crippen molar-refractivity contribution in [2.75, 3.05) is 26.8 Å². The molecular weight excluding hydrogens is 559 g/mol. The Morgan fingerprint density at radius 2 is 1.95 bits per heavy atom. The second-order valence-electron chi connectivity index (χ2n) is 10.8. The van der Waals surface area contributed by atoms with Gasteiger partial charge in [-0.2, -0.15) is 0 Å². The summed E-state index contributed by atoms with van der Waals surface area (Å²) in [5.74, 6) is 0.405. The number of rotatable bonds is 3. The molecule has 2 N–H and O–H groups in total. The monoisotopic (exact) mass is 594 g/mol. The number of piperidine rings is 1. The van der Waals surface area contributed by atoms with Crippen molar-refractivity contribution in [1.82, 2.24) is 20.7 Å². The molecule has 1 aromatic heterocycles. The third-order valence-electron chi connectivity index (χ3n) is 7.69. The number of hydrogen-bond acceptors (Lipinski definition) is 8. The van der Waals surface area contributed by atoms with Crippen LogP contribution in [0.3, 0.4) is 0 Å². The summed E-state index contributed by atoms with van der Waals surface area (Å²) >= 11 is 0. The van der Waals surface area contributed by atoms with Crippen molar-refractivity contribution in [3.05, 3.63) is 70.4 Å². The maximum atomic E-state index is 14.6. The zero-order valence-corrected chi connectivity index (χ0v) is 24.4. The van der Waals surface area contributed by atoms with Crippen molar-refractivity contribution in [1.29, 1.82) is 0 Å². The SMILES string of the molecule is COc1ccc2cc1OCC(=O)N[C@@H]1CN(C(=O)Cc3c(C)noc3C)CC[C@H]1Oc1cc(F)cc(c1)CNC(=O)CC2. The van der Waals surface area contributed by atoms with E-state index in [1.165, 1.54) is 19.2 Å². The number of amides is 3. The molecule has 2 atom stereocenters. The van der Waals surface area contributed by atoms with Crippen LogP contribution in [0.25, 0.3) is 0 Å². The summed E-state index contributed by atoms with van der Waals surface area (Å²) in [7, 11) is 1.50. The predicted octanol–water partition coefficient (Wildman–Crippen LogP) is 2.79. The molecule has 3 aromatic rings. The molecule has 0 unspecified atom stereocenters. The fourth-order valence-electron chi connectivity index (χ4n) is 5.35. The summed E-state index contributed by atoms with van der Waals surface area (Å²) in [6.07, 6.45) is 0.578. The van der Waals surface area contributed by atoms with Crippen molar-refractivity contribution in [3.8, 4) is 17.2 Å². The number of benzene rings is 2. The lowest BCUT2D eigenvalue weighted by Gasteiger charge is -2.39. The molecule has 4 bridgehead atoms. The molecule has 0 spiro atoms. The van der Waals surface area contributed by atoms with E-state index in [4.69, 9.17) is 18.7 Å². The molecule has 0 aliphatic carbocycles. The van der Waals surface area contributed by atoms with Crippen LogP contribution in [0.15, 0.2) is 40.9 Å². The number of nitrogens with one attached hydrogen (secondary N) is 2. The molecule has 5 rings (SSSR count). The first-order valence-corrected chi connectivity index (χ1v) is 14.2. The molecule has 11 nitrogen and oxygen atoms in total. The highest BCUT2D eigenvalue weighted by Gasteiger charge is 2.35. The lowest BCUT2D eigenvalue weighted by atomic mass is 10.00. The minimum absolute atomic E-state index is 0.117. The molecule has 3 amide bonds. The fraction of sp³-hybridized carbons (Fsp3) is 0.419. The number of nitrogens with zero attached hydrogens (tertiary/aromatic N) is 2. The zero-order valence-electron chi connectivity index (χ0n) is 24.4. The van der Waals surface area contributed by atoms with Gasteiger partial charge in [0.2, 0.25) is 11.8 Å². The minimum atomic E-state index is -0.614. The second kappa shape index (κ2) is 13.1. The van der Waals surface area contributed by atoms with Crippen LogP contribution in [0.5, 0.6) is 17.2 Å². The number of methoxy groups -OCH3 is 1. The van der Waals surface area contributed by atoms with Gasteiger partial charge < -0.3 is 34.3 Å². The normalized spacial score (nSPS) is 19.5. The average Bonchev–Trinajstić information content (AvgIpc) is 3.30. The number of halogens is 1. The van der Waals surface area contributed by atoms with Crippen LogP contribution in [-0.2, 0) is 33.8 Å². The number of hydrogen-bond donors (Lipinski definition) is 2. The van der Waals surface area contributed by atoms with E-state index in [0.717, 1.165) is 11.1 Å². The summed E-state index contributed by atoms with van der Waals surface area (Å²) in [4.78, 5) is 40.6. The Bertz CT molecular complexity index is 1490. The minimum Gasteiger partial charge on any atom is -0.493 e. The van der Waals surface area contributed by atoms with Gasteiger partial charge in [0, 0.05) is 44.1 Å². The van der Waals surface area contributed by atoms with Crippen molar-refractivity contribution < 1.29 is 37.5 Å². The van der Waals surface area contributed by atoms with Crippen molar-refractivity contribution in [3.63, 3.8) is 0 Å². The molecule has 2 aliphatic heterocycles. The van der Waals surface area contributed by atoms with Crippen LogP contribution in [0.4, 0.5) is 4.39 Å². The topological polar surface area (TPSA) is 132 Å². The third kappa shape index (κ3) is 7.43. The molecule has 2 aromatic carbocycles. The molecule has 0 saturated carbocycles. The maximum absolute atomic E-state index is 14.6. The predicted molar refractivity (Wildman–Crippen MR) is 152 cm³/mol. The number of ether oxygens (including phenoxy) is 3. The Morgan fingerprint density at radius 1 is 1.12 bits per heavy atom. The fourth-order valence-corrected chi connectivity index (χ4v) is 5.35. The third-order valence-corrected chi connectivity index (χ3v) is 7.69. The first-order valence-electron chi connectivity index (χ1n) is 14.2. The lowest BCUT2D eigenvalue weighted by molar-refractivity contribution is -0.135. The first kappa shape index (κ1) is 29.9. The summed E-state index contributed by atoms with van der Waals surface area (Å²) in [6.45, 7) is 3.90. The van der Waals surface area contributed by atoms with Gasteiger partial charge in [-0.15, -0.1) is 0 Å². The van der Waals surface area contributed by atoms with Gasteiger partial charge in [-0.05, 0) is 55.7 Å². The molecule has 3 heterocycles. The largest absolute Gasteiger partial charge is 0.493 e. The van der Waals surface area contributed by atoms with Crippen LogP contribution in [0, 0.1) is 19.7 Å². The van der Waals surface area contributed by atoms with E-state index in [1.807, 2.05) is 6.07 Å². The van der Waals surface area contributed by atoms with Gasteiger partial charge in [-0.1, -0.05) is 11.2 Å². The van der Waals surface area contributed by atoms with Gasteiger partial charge in [-0.3, -0.25) is 14.4 Å². The standard InChI is InChI=1S/C31H35FN4O7/c1-18-24(19(2)43-35-18)14-31(39)36-9-8-26-25(16-36)34-30(38)17-41-28-12-20(4-6-27(28)40-3)5-7-29(37)33-15-21-10-22(32)13-23(11-21)42-26/h4,6,10-13,25-26H,5,7-9,14-17H2,1-3H3,(H,33,37)(H,34,38)/t25-,26-/m1/s1. The number of carbonyl (C=O) groups excluding carboxylic acids is 3. The van der Waals surface area contributed by atoms with Crippen LogP contribution < -0.4 is 24.8 Å². The van der Waals surface area contributed by atoms with Crippen molar-refractivity contribution in [2.45, 2.75) is 58.2 Å². The Kier molecular flexibility index (Phi) is 9.13. The number of likely N-dealkylation sites (tertiary alicyclic amines) is 1. The highest BCUT2D eigenvalue weighted by molar-refractivity contribution is 5.80. The molecular formula is C31H35FN4O7. The quantitative estimate of drug-likeness (QED) is 0.473. The van der Waals surface area contributed by atoms with Gasteiger partial charge in [0.25, 0.3) is 5.91 Å². The van der Waals surface area contributed by atoms with Gasteiger partial charge in [0.1, 0.15) is 23.4 Å². The van der Waals surface area contributed by atoms with Crippen LogP contribution >= 0.6 is 0 Å². The Labute approximate surface area is 248 Å². The summed E-state index contributed by atoms with van der Waals surface area (Å²) < 4.78 is 37.2. The smallest absolute Gasteiger partial charge is 0.258 e. The zero-order chi connectivity index (χ0) is 30.5. The summed E-state index contributed by atoms with van der Waals surface area (Å²) in [5, 5.41) is 9.72. The Balaban J connectivity index is 1.39. The molecule has 2 aliphatic rings. The van der Waals surface area contributed by atoms with Gasteiger partial charge in [0.05, 0.1) is 25.3 Å². The van der Waals surface area contributed by atoms with Gasteiger partial charge in [-0.25, -0.2) is 4.39 Å². The maximum Gasteiger partial charge on any atom is 0.258 e. The summed E-state index contributed by atoms with van der Waals surface area (Å²) in [5.41, 5.74) is 2.76. The van der Waals surface area contributed by atoms with Crippen LogP contribution in [0.2, 0.25) is 0 Å². The van der Waals surface area contributed by atoms with E-state index in [2.05, 4.69) is 15.8 Å². The lowest BCUT2D eigenvalue weighted by Crippen LogP contribution is -2.58. The highest BCUT2D eigenvalue weighted by Crippen LogP contribution is 2.29. The number of aromatic nitrogens is 1.